The second-order valence-corrected chi connectivity index (χ2v) is 7.74. The number of hydrogen-bond donors (Lipinski definition) is 1. The Morgan fingerprint density at radius 3 is 2.24 bits per heavy atom. The molecular formula is C24H42N2O3. The van der Waals surface area contributed by atoms with Crippen LogP contribution in [0.15, 0.2) is 24.3 Å². The lowest BCUT2D eigenvalue weighted by molar-refractivity contribution is -0.140. The fourth-order valence-corrected chi connectivity index (χ4v) is 3.21. The van der Waals surface area contributed by atoms with Crippen LogP contribution < -0.4 is 10.1 Å². The number of nitrogens with one attached hydrogen (secondary N) is 1. The zero-order valence-electron chi connectivity index (χ0n) is 19.3. The third-order valence-corrected chi connectivity index (χ3v) is 5.26. The van der Waals surface area contributed by atoms with Crippen molar-refractivity contribution in [2.75, 3.05) is 38.2 Å². The van der Waals surface area contributed by atoms with Crippen molar-refractivity contribution in [3.05, 3.63) is 24.3 Å². The third kappa shape index (κ3) is 9.64. The first-order chi connectivity index (χ1) is 14.0. The normalized spacial score (nSPS) is 13.3. The lowest BCUT2D eigenvalue weighted by Gasteiger charge is -2.28. The molecule has 1 unspecified atom stereocenters. The molecule has 0 aliphatic carbocycles. The number of anilines is 1. The molecule has 29 heavy (non-hydrogen) atoms. The lowest BCUT2D eigenvalue weighted by Crippen LogP contribution is -2.43. The summed E-state index contributed by atoms with van der Waals surface area (Å²) < 4.78 is 11.8. The molecule has 1 aromatic carbocycles. The molecule has 0 bridgehead atoms. The molecule has 1 N–H and O–H groups in total. The van der Waals surface area contributed by atoms with Crippen LogP contribution in [-0.4, -0.2) is 49.3 Å². The predicted molar refractivity (Wildman–Crippen MR) is 122 cm³/mol. The van der Waals surface area contributed by atoms with Gasteiger partial charge >= 0.3 is 0 Å². The van der Waals surface area contributed by atoms with Crippen molar-refractivity contribution in [3.8, 4) is 5.75 Å². The van der Waals surface area contributed by atoms with Gasteiger partial charge in [-0.2, -0.15) is 0 Å². The Hall–Kier alpha value is -1.59. The van der Waals surface area contributed by atoms with Crippen molar-refractivity contribution in [2.24, 2.45) is 0 Å². The lowest BCUT2D eigenvalue weighted by atomic mass is 9.96. The van der Waals surface area contributed by atoms with Gasteiger partial charge in [0.2, 0.25) is 0 Å². The van der Waals surface area contributed by atoms with Crippen LogP contribution in [0.25, 0.3) is 0 Å². The van der Waals surface area contributed by atoms with E-state index < -0.39 is 5.60 Å². The Bertz CT molecular complexity index is 558. The van der Waals surface area contributed by atoms with Crippen LogP contribution >= 0.6 is 0 Å². The fourth-order valence-electron chi connectivity index (χ4n) is 3.21. The molecule has 0 heterocycles. The number of amides is 1. The first-order valence-electron chi connectivity index (χ1n) is 11.4. The van der Waals surface area contributed by atoms with E-state index in [0.29, 0.717) is 13.2 Å². The van der Waals surface area contributed by atoms with E-state index in [0.717, 1.165) is 69.6 Å². The van der Waals surface area contributed by atoms with Gasteiger partial charge in [0.1, 0.15) is 11.4 Å². The Balaban J connectivity index is 2.55. The second-order valence-electron chi connectivity index (χ2n) is 7.74. The van der Waals surface area contributed by atoms with Crippen molar-refractivity contribution < 1.29 is 14.3 Å². The Morgan fingerprint density at radius 2 is 1.66 bits per heavy atom. The summed E-state index contributed by atoms with van der Waals surface area (Å²) >= 11 is 0. The molecule has 0 aliphatic rings. The van der Waals surface area contributed by atoms with E-state index in [1.165, 1.54) is 0 Å². The number of ether oxygens (including phenoxy) is 2. The number of nitrogens with zero attached hydrogens (tertiary/aromatic N) is 1. The summed E-state index contributed by atoms with van der Waals surface area (Å²) in [6.45, 7) is 15.0. The minimum Gasteiger partial charge on any atom is -0.494 e. The average molecular weight is 407 g/mol. The number of benzene rings is 1. The van der Waals surface area contributed by atoms with Crippen LogP contribution in [0.1, 0.15) is 73.1 Å². The third-order valence-electron chi connectivity index (χ3n) is 5.26. The molecule has 0 radical (unpaired) electrons. The standard InChI is InChI=1S/C24H42N2O3/c1-6-10-11-17-24(5,29-19-7-2)23(27)25-21-13-15-22(16-14-21)28-20-12-18-26(8-3)9-4/h13-16H,6-12,17-20H2,1-5H3,(H,25,27). The van der Waals surface area contributed by atoms with Crippen LogP contribution in [-0.2, 0) is 9.53 Å². The summed E-state index contributed by atoms with van der Waals surface area (Å²) in [6, 6.07) is 7.61. The van der Waals surface area contributed by atoms with Crippen molar-refractivity contribution in [2.45, 2.75) is 78.7 Å². The summed E-state index contributed by atoms with van der Waals surface area (Å²) in [4.78, 5) is 15.3. The zero-order valence-corrected chi connectivity index (χ0v) is 19.3. The van der Waals surface area contributed by atoms with E-state index in [1.807, 2.05) is 31.2 Å². The SMILES string of the molecule is CCCCCC(C)(OCCC)C(=O)Nc1ccc(OCCCN(CC)CC)cc1. The molecule has 1 rings (SSSR count). The summed E-state index contributed by atoms with van der Waals surface area (Å²) in [5.74, 6) is 0.755. The van der Waals surface area contributed by atoms with Gasteiger partial charge in [0.25, 0.3) is 5.91 Å². The maximum absolute atomic E-state index is 12.9. The quantitative estimate of drug-likeness (QED) is 0.368. The molecule has 0 aliphatic heterocycles. The highest BCUT2D eigenvalue weighted by Gasteiger charge is 2.33. The molecule has 166 valence electrons. The summed E-state index contributed by atoms with van der Waals surface area (Å²) in [5.41, 5.74) is -0.0163. The largest absolute Gasteiger partial charge is 0.494 e. The van der Waals surface area contributed by atoms with Gasteiger partial charge in [-0.3, -0.25) is 4.79 Å². The molecule has 1 amide bonds. The van der Waals surface area contributed by atoms with E-state index in [2.05, 4.69) is 37.9 Å². The monoisotopic (exact) mass is 406 g/mol. The zero-order chi connectivity index (χ0) is 21.5. The number of carbonyl (C=O) groups excluding carboxylic acids is 1. The van der Waals surface area contributed by atoms with Crippen LogP contribution in [0, 0.1) is 0 Å². The van der Waals surface area contributed by atoms with Crippen molar-refractivity contribution in [1.29, 1.82) is 0 Å². The number of hydrogen-bond acceptors (Lipinski definition) is 4. The topological polar surface area (TPSA) is 50.8 Å². The van der Waals surface area contributed by atoms with Gasteiger partial charge in [-0.25, -0.2) is 0 Å². The highest BCUT2D eigenvalue weighted by atomic mass is 16.5. The van der Waals surface area contributed by atoms with E-state index in [-0.39, 0.29) is 5.91 Å². The predicted octanol–water partition coefficient (Wildman–Crippen LogP) is 5.50. The molecule has 0 spiro atoms. The maximum atomic E-state index is 12.9. The van der Waals surface area contributed by atoms with Gasteiger partial charge in [-0.15, -0.1) is 0 Å². The smallest absolute Gasteiger partial charge is 0.256 e. The number of carbonyl (C=O) groups is 1. The minimum absolute atomic E-state index is 0.0741. The van der Waals surface area contributed by atoms with Gasteiger partial charge in [0.15, 0.2) is 0 Å². The Kier molecular flexibility index (Phi) is 12.6. The van der Waals surface area contributed by atoms with Gasteiger partial charge in [-0.05, 0) is 63.5 Å². The summed E-state index contributed by atoms with van der Waals surface area (Å²) in [5, 5.41) is 3.02. The minimum atomic E-state index is -0.787. The highest BCUT2D eigenvalue weighted by molar-refractivity contribution is 5.97. The summed E-state index contributed by atoms with van der Waals surface area (Å²) in [7, 11) is 0. The molecule has 1 atom stereocenters. The van der Waals surface area contributed by atoms with E-state index in [4.69, 9.17) is 9.47 Å². The Morgan fingerprint density at radius 1 is 0.966 bits per heavy atom. The first kappa shape index (κ1) is 25.4. The maximum Gasteiger partial charge on any atom is 0.256 e. The van der Waals surface area contributed by atoms with Crippen molar-refractivity contribution in [1.82, 2.24) is 4.90 Å². The average Bonchev–Trinajstić information content (AvgIpc) is 2.73. The van der Waals surface area contributed by atoms with E-state index in [1.54, 1.807) is 0 Å². The van der Waals surface area contributed by atoms with Crippen LogP contribution in [0.5, 0.6) is 5.75 Å². The molecule has 5 nitrogen and oxygen atoms in total. The fraction of sp³-hybridized carbons (Fsp3) is 0.708. The van der Waals surface area contributed by atoms with Gasteiger partial charge in [0, 0.05) is 18.8 Å². The Labute approximate surface area is 178 Å². The van der Waals surface area contributed by atoms with Crippen molar-refractivity contribution in [3.63, 3.8) is 0 Å². The van der Waals surface area contributed by atoms with Crippen molar-refractivity contribution >= 4 is 11.6 Å². The van der Waals surface area contributed by atoms with E-state index >= 15 is 0 Å². The molecule has 0 fully saturated rings. The molecule has 5 heteroatoms. The van der Waals surface area contributed by atoms with Gasteiger partial charge in [0.05, 0.1) is 6.61 Å². The highest BCUT2D eigenvalue weighted by Crippen LogP contribution is 2.23. The van der Waals surface area contributed by atoms with E-state index in [9.17, 15) is 4.79 Å². The molecule has 1 aromatic rings. The molecular weight excluding hydrogens is 364 g/mol. The van der Waals surface area contributed by atoms with Gasteiger partial charge < -0.3 is 19.7 Å². The van der Waals surface area contributed by atoms with Crippen LogP contribution in [0.2, 0.25) is 0 Å². The van der Waals surface area contributed by atoms with Gasteiger partial charge in [-0.1, -0.05) is 47.0 Å². The second kappa shape index (κ2) is 14.4. The van der Waals surface area contributed by atoms with Crippen LogP contribution in [0.3, 0.4) is 0 Å². The van der Waals surface area contributed by atoms with Crippen LogP contribution in [0.4, 0.5) is 5.69 Å². The number of rotatable bonds is 16. The molecule has 0 saturated carbocycles. The summed E-state index contributed by atoms with van der Waals surface area (Å²) in [6.07, 6.45) is 5.87. The molecule has 0 saturated heterocycles. The first-order valence-corrected chi connectivity index (χ1v) is 11.4. The number of unbranched alkanes of at least 4 members (excludes halogenated alkanes) is 2. The molecule has 0 aromatic heterocycles.